The van der Waals surface area contributed by atoms with Crippen molar-refractivity contribution >= 4 is 0 Å². The smallest absolute Gasteiger partial charge is 0.123 e. The van der Waals surface area contributed by atoms with Crippen LogP contribution in [-0.2, 0) is 12.8 Å². The minimum atomic E-state index is 0.0311. The van der Waals surface area contributed by atoms with Crippen LogP contribution in [0.3, 0.4) is 0 Å². The summed E-state index contributed by atoms with van der Waals surface area (Å²) in [5.41, 5.74) is 11.5. The molecule has 1 aliphatic rings. The Morgan fingerprint density at radius 1 is 1.15 bits per heavy atom. The first-order valence-electron chi connectivity index (χ1n) is 7.19. The standard InChI is InChI=1S/C18H21NO/c1-12-7-13(2)9-14(8-12)10-16(19)18-11-15-5-3-4-6-17(15)20-18/h3-9,16,18H,10-11,19H2,1-2H3. The lowest BCUT2D eigenvalue weighted by Gasteiger charge is -2.19. The summed E-state index contributed by atoms with van der Waals surface area (Å²) in [5.74, 6) is 0.994. The molecule has 0 saturated heterocycles. The summed E-state index contributed by atoms with van der Waals surface area (Å²) >= 11 is 0. The van der Waals surface area contributed by atoms with Crippen molar-refractivity contribution in [3.05, 3.63) is 64.7 Å². The second-order valence-corrected chi connectivity index (χ2v) is 5.83. The van der Waals surface area contributed by atoms with Crippen molar-refractivity contribution in [3.63, 3.8) is 0 Å². The molecule has 1 heterocycles. The number of fused-ring (bicyclic) bond motifs is 1. The summed E-state index contributed by atoms with van der Waals surface area (Å²) in [6.45, 7) is 4.26. The van der Waals surface area contributed by atoms with Gasteiger partial charge < -0.3 is 10.5 Å². The van der Waals surface area contributed by atoms with E-state index in [1.54, 1.807) is 0 Å². The molecule has 0 amide bonds. The van der Waals surface area contributed by atoms with E-state index >= 15 is 0 Å². The van der Waals surface area contributed by atoms with E-state index in [4.69, 9.17) is 10.5 Å². The van der Waals surface area contributed by atoms with Crippen LogP contribution in [0.25, 0.3) is 0 Å². The molecule has 3 rings (SSSR count). The van der Waals surface area contributed by atoms with Crippen molar-refractivity contribution in [3.8, 4) is 5.75 Å². The number of hydrogen-bond donors (Lipinski definition) is 1. The quantitative estimate of drug-likeness (QED) is 0.927. The van der Waals surface area contributed by atoms with E-state index in [-0.39, 0.29) is 12.1 Å². The minimum Gasteiger partial charge on any atom is -0.488 e. The Morgan fingerprint density at radius 2 is 1.85 bits per heavy atom. The SMILES string of the molecule is Cc1cc(C)cc(CC(N)C2Cc3ccccc3O2)c1. The van der Waals surface area contributed by atoms with Crippen LogP contribution < -0.4 is 10.5 Å². The highest BCUT2D eigenvalue weighted by atomic mass is 16.5. The van der Waals surface area contributed by atoms with E-state index in [1.165, 1.54) is 22.3 Å². The Balaban J connectivity index is 1.70. The van der Waals surface area contributed by atoms with Crippen LogP contribution in [0.4, 0.5) is 0 Å². The summed E-state index contributed by atoms with van der Waals surface area (Å²) in [4.78, 5) is 0. The molecular weight excluding hydrogens is 246 g/mol. The molecule has 0 saturated carbocycles. The van der Waals surface area contributed by atoms with Crippen molar-refractivity contribution < 1.29 is 4.74 Å². The molecule has 104 valence electrons. The van der Waals surface area contributed by atoms with Crippen molar-refractivity contribution in [2.45, 2.75) is 38.8 Å². The Kier molecular flexibility index (Phi) is 3.49. The average Bonchev–Trinajstić information content (AvgIpc) is 2.81. The van der Waals surface area contributed by atoms with Crippen LogP contribution in [0.15, 0.2) is 42.5 Å². The van der Waals surface area contributed by atoms with E-state index in [1.807, 2.05) is 12.1 Å². The molecule has 0 bridgehead atoms. The summed E-state index contributed by atoms with van der Waals surface area (Å²) < 4.78 is 5.98. The number of aryl methyl sites for hydroxylation is 2. The second-order valence-electron chi connectivity index (χ2n) is 5.83. The maximum Gasteiger partial charge on any atom is 0.123 e. The van der Waals surface area contributed by atoms with E-state index in [2.05, 4.69) is 44.2 Å². The molecule has 0 fully saturated rings. The number of para-hydroxylation sites is 1. The normalized spacial score (nSPS) is 18.4. The summed E-state index contributed by atoms with van der Waals surface area (Å²) in [5, 5.41) is 0. The molecule has 2 atom stereocenters. The Labute approximate surface area is 120 Å². The van der Waals surface area contributed by atoms with Gasteiger partial charge in [-0.2, -0.15) is 0 Å². The van der Waals surface area contributed by atoms with Gasteiger partial charge in [0.25, 0.3) is 0 Å². The van der Waals surface area contributed by atoms with E-state index < -0.39 is 0 Å². The van der Waals surface area contributed by atoms with E-state index in [0.29, 0.717) is 0 Å². The molecular formula is C18H21NO. The predicted molar refractivity (Wildman–Crippen MR) is 82.2 cm³/mol. The van der Waals surface area contributed by atoms with Crippen LogP contribution >= 0.6 is 0 Å². The fraction of sp³-hybridized carbons (Fsp3) is 0.333. The molecule has 0 aliphatic carbocycles. The lowest BCUT2D eigenvalue weighted by atomic mass is 9.96. The zero-order valence-electron chi connectivity index (χ0n) is 12.1. The Morgan fingerprint density at radius 3 is 2.55 bits per heavy atom. The third kappa shape index (κ3) is 2.70. The maximum absolute atomic E-state index is 6.37. The number of benzene rings is 2. The van der Waals surface area contributed by atoms with E-state index in [0.717, 1.165) is 18.6 Å². The third-order valence-corrected chi connectivity index (χ3v) is 3.90. The lowest BCUT2D eigenvalue weighted by Crippen LogP contribution is -2.39. The lowest BCUT2D eigenvalue weighted by molar-refractivity contribution is 0.198. The first kappa shape index (κ1) is 13.2. The van der Waals surface area contributed by atoms with Crippen LogP contribution in [0.2, 0.25) is 0 Å². The fourth-order valence-corrected chi connectivity index (χ4v) is 3.04. The topological polar surface area (TPSA) is 35.2 Å². The highest BCUT2D eigenvalue weighted by molar-refractivity contribution is 5.38. The largest absolute Gasteiger partial charge is 0.488 e. The second kappa shape index (κ2) is 5.29. The van der Waals surface area contributed by atoms with Gasteiger partial charge in [-0.25, -0.2) is 0 Å². The maximum atomic E-state index is 6.37. The van der Waals surface area contributed by atoms with Gasteiger partial charge in [0.15, 0.2) is 0 Å². The molecule has 2 aromatic rings. The van der Waals surface area contributed by atoms with Gasteiger partial charge in [-0.3, -0.25) is 0 Å². The van der Waals surface area contributed by atoms with Gasteiger partial charge in [0.1, 0.15) is 11.9 Å². The first-order chi connectivity index (χ1) is 9.61. The van der Waals surface area contributed by atoms with Crippen molar-refractivity contribution in [2.24, 2.45) is 5.73 Å². The van der Waals surface area contributed by atoms with Gasteiger partial charge in [0.2, 0.25) is 0 Å². The molecule has 0 spiro atoms. The van der Waals surface area contributed by atoms with Crippen molar-refractivity contribution in [2.75, 3.05) is 0 Å². The number of ether oxygens (including phenoxy) is 1. The molecule has 0 aromatic heterocycles. The molecule has 2 unspecified atom stereocenters. The van der Waals surface area contributed by atoms with Crippen molar-refractivity contribution in [1.82, 2.24) is 0 Å². The first-order valence-corrected chi connectivity index (χ1v) is 7.19. The van der Waals surface area contributed by atoms with E-state index in [9.17, 15) is 0 Å². The zero-order chi connectivity index (χ0) is 14.1. The van der Waals surface area contributed by atoms with Crippen LogP contribution in [0, 0.1) is 13.8 Å². The van der Waals surface area contributed by atoms with Gasteiger partial charge in [0, 0.05) is 12.5 Å². The molecule has 2 heteroatoms. The average molecular weight is 267 g/mol. The Hall–Kier alpha value is -1.80. The molecule has 0 radical (unpaired) electrons. The van der Waals surface area contributed by atoms with Crippen LogP contribution in [0.5, 0.6) is 5.75 Å². The Bertz CT molecular complexity index is 575. The summed E-state index contributed by atoms with van der Waals surface area (Å²) in [6.07, 6.45) is 1.87. The third-order valence-electron chi connectivity index (χ3n) is 3.90. The summed E-state index contributed by atoms with van der Waals surface area (Å²) in [7, 11) is 0. The van der Waals surface area contributed by atoms with Crippen LogP contribution in [0.1, 0.15) is 22.3 Å². The highest BCUT2D eigenvalue weighted by Gasteiger charge is 2.27. The zero-order valence-corrected chi connectivity index (χ0v) is 12.1. The molecule has 1 aliphatic heterocycles. The number of hydrogen-bond acceptors (Lipinski definition) is 2. The monoisotopic (exact) mass is 267 g/mol. The fourth-order valence-electron chi connectivity index (χ4n) is 3.04. The van der Waals surface area contributed by atoms with Crippen LogP contribution in [-0.4, -0.2) is 12.1 Å². The van der Waals surface area contributed by atoms with Gasteiger partial charge >= 0.3 is 0 Å². The highest BCUT2D eigenvalue weighted by Crippen LogP contribution is 2.29. The summed E-state index contributed by atoms with van der Waals surface area (Å²) in [6, 6.07) is 14.9. The molecule has 2 aromatic carbocycles. The molecule has 2 nitrogen and oxygen atoms in total. The molecule has 20 heavy (non-hydrogen) atoms. The molecule has 2 N–H and O–H groups in total. The number of nitrogens with two attached hydrogens (primary N) is 1. The van der Waals surface area contributed by atoms with Gasteiger partial charge in [0.05, 0.1) is 0 Å². The predicted octanol–water partition coefficient (Wildman–Crippen LogP) is 3.18. The van der Waals surface area contributed by atoms with Crippen molar-refractivity contribution in [1.29, 1.82) is 0 Å². The number of rotatable bonds is 3. The minimum absolute atomic E-state index is 0.0311. The van der Waals surface area contributed by atoms with Gasteiger partial charge in [-0.05, 0) is 37.5 Å². The van der Waals surface area contributed by atoms with Gasteiger partial charge in [-0.15, -0.1) is 0 Å². The van der Waals surface area contributed by atoms with Gasteiger partial charge in [-0.1, -0.05) is 47.5 Å².